The van der Waals surface area contributed by atoms with Crippen molar-refractivity contribution in [2.24, 2.45) is 5.41 Å². The largest absolute Gasteiger partial charge is 0.391 e. The van der Waals surface area contributed by atoms with Gasteiger partial charge >= 0.3 is 0 Å². The maximum atomic E-state index is 12.8. The van der Waals surface area contributed by atoms with Crippen LogP contribution in [0.2, 0.25) is 0 Å². The van der Waals surface area contributed by atoms with Gasteiger partial charge in [0.25, 0.3) is 0 Å². The Balaban J connectivity index is 1.55. The molecule has 1 aromatic rings. The van der Waals surface area contributed by atoms with E-state index in [4.69, 9.17) is 0 Å². The molecule has 1 spiro atoms. The van der Waals surface area contributed by atoms with Gasteiger partial charge in [0.1, 0.15) is 0 Å². The van der Waals surface area contributed by atoms with Gasteiger partial charge in [-0.3, -0.25) is 4.79 Å². The molecule has 3 rings (SSSR count). The number of benzene rings is 1. The molecule has 1 unspecified atom stereocenters. The van der Waals surface area contributed by atoms with E-state index in [9.17, 15) is 9.90 Å². The van der Waals surface area contributed by atoms with E-state index >= 15 is 0 Å². The Morgan fingerprint density at radius 3 is 2.78 bits per heavy atom. The van der Waals surface area contributed by atoms with Crippen LogP contribution in [0.1, 0.15) is 24.8 Å². The van der Waals surface area contributed by atoms with Gasteiger partial charge in [0.2, 0.25) is 5.91 Å². The van der Waals surface area contributed by atoms with Crippen molar-refractivity contribution in [3.63, 3.8) is 0 Å². The average Bonchev–Trinajstić information content (AvgIpc) is 2.66. The van der Waals surface area contributed by atoms with Crippen molar-refractivity contribution in [3.05, 3.63) is 29.8 Å². The number of hydrogen-bond acceptors (Lipinski definition) is 5. The molecule has 2 heterocycles. The highest BCUT2D eigenvalue weighted by Crippen LogP contribution is 2.40. The summed E-state index contributed by atoms with van der Waals surface area (Å²) in [4.78, 5) is 18.4. The van der Waals surface area contributed by atoms with Gasteiger partial charge in [-0.05, 0) is 63.4 Å². The van der Waals surface area contributed by atoms with E-state index in [1.165, 1.54) is 5.56 Å². The van der Waals surface area contributed by atoms with Crippen molar-refractivity contribution >= 4 is 17.7 Å². The third kappa shape index (κ3) is 5.47. The molecule has 5 nitrogen and oxygen atoms in total. The zero-order chi connectivity index (χ0) is 19.3. The summed E-state index contributed by atoms with van der Waals surface area (Å²) >= 11 is 1.61. The number of carbonyl (C=O) groups is 1. The highest BCUT2D eigenvalue weighted by molar-refractivity contribution is 8.00. The standard InChI is InChI=1S/C21H33N3O2S/c1-17-5-3-4-6-19(17)27-15-20(26)24-14-18(25)13-21(16-24)7-10-23(11-8-21)12-9-22-2/h3-6,18,22,25H,7-16H2,1-2H3. The quantitative estimate of drug-likeness (QED) is 0.727. The Kier molecular flexibility index (Phi) is 7.20. The molecule has 0 aromatic heterocycles. The fraction of sp³-hybridized carbons (Fsp3) is 0.667. The van der Waals surface area contributed by atoms with Gasteiger partial charge < -0.3 is 20.2 Å². The Morgan fingerprint density at radius 2 is 2.07 bits per heavy atom. The second kappa shape index (κ2) is 9.41. The van der Waals surface area contributed by atoms with Gasteiger partial charge in [-0.15, -0.1) is 11.8 Å². The van der Waals surface area contributed by atoms with Gasteiger partial charge in [0.15, 0.2) is 0 Å². The minimum Gasteiger partial charge on any atom is -0.391 e. The van der Waals surface area contributed by atoms with Crippen LogP contribution in [0.4, 0.5) is 0 Å². The number of thioether (sulfide) groups is 1. The van der Waals surface area contributed by atoms with Crippen LogP contribution in [0, 0.1) is 12.3 Å². The number of amides is 1. The lowest BCUT2D eigenvalue weighted by Crippen LogP contribution is -2.55. The summed E-state index contributed by atoms with van der Waals surface area (Å²) in [7, 11) is 1.99. The van der Waals surface area contributed by atoms with Gasteiger partial charge in [0.05, 0.1) is 11.9 Å². The van der Waals surface area contributed by atoms with Crippen LogP contribution < -0.4 is 5.32 Å². The van der Waals surface area contributed by atoms with E-state index in [1.54, 1.807) is 11.8 Å². The second-order valence-corrected chi connectivity index (χ2v) is 9.15. The average molecular weight is 392 g/mol. The fourth-order valence-corrected chi connectivity index (χ4v) is 5.31. The molecule has 1 atom stereocenters. The number of nitrogens with zero attached hydrogens (tertiary/aromatic N) is 2. The molecule has 6 heteroatoms. The summed E-state index contributed by atoms with van der Waals surface area (Å²) in [5.41, 5.74) is 1.30. The molecule has 2 saturated heterocycles. The number of likely N-dealkylation sites (tertiary alicyclic amines) is 2. The zero-order valence-corrected chi connectivity index (χ0v) is 17.4. The molecule has 0 bridgehead atoms. The Hall–Kier alpha value is -1.08. The summed E-state index contributed by atoms with van der Waals surface area (Å²) in [6.07, 6.45) is 2.59. The molecule has 0 radical (unpaired) electrons. The normalized spacial score (nSPS) is 22.9. The topological polar surface area (TPSA) is 55.8 Å². The van der Waals surface area contributed by atoms with Crippen molar-refractivity contribution < 1.29 is 9.90 Å². The van der Waals surface area contributed by atoms with Crippen molar-refractivity contribution in [1.82, 2.24) is 15.1 Å². The van der Waals surface area contributed by atoms with Crippen LogP contribution in [-0.2, 0) is 4.79 Å². The van der Waals surface area contributed by atoms with E-state index in [1.807, 2.05) is 24.1 Å². The number of carbonyl (C=O) groups excluding carboxylic acids is 1. The first-order chi connectivity index (χ1) is 13.0. The lowest BCUT2D eigenvalue weighted by Gasteiger charge is -2.49. The Labute approximate surface area is 167 Å². The zero-order valence-electron chi connectivity index (χ0n) is 16.6. The number of likely N-dealkylation sites (N-methyl/N-ethyl adjacent to an activating group) is 1. The minimum absolute atomic E-state index is 0.0940. The summed E-state index contributed by atoms with van der Waals surface area (Å²) in [6.45, 7) is 7.58. The van der Waals surface area contributed by atoms with Crippen molar-refractivity contribution in [2.45, 2.75) is 37.2 Å². The lowest BCUT2D eigenvalue weighted by molar-refractivity contribution is -0.137. The molecular weight excluding hydrogens is 358 g/mol. The first-order valence-electron chi connectivity index (χ1n) is 10.0. The second-order valence-electron chi connectivity index (χ2n) is 8.13. The molecule has 2 aliphatic rings. The van der Waals surface area contributed by atoms with E-state index in [2.05, 4.69) is 29.3 Å². The Morgan fingerprint density at radius 1 is 1.33 bits per heavy atom. The van der Waals surface area contributed by atoms with Crippen LogP contribution >= 0.6 is 11.8 Å². The number of hydrogen-bond donors (Lipinski definition) is 2. The molecule has 1 amide bonds. The number of aliphatic hydroxyl groups excluding tert-OH is 1. The molecular formula is C21H33N3O2S. The highest BCUT2D eigenvalue weighted by Gasteiger charge is 2.42. The molecule has 0 saturated carbocycles. The molecule has 27 heavy (non-hydrogen) atoms. The summed E-state index contributed by atoms with van der Waals surface area (Å²) in [6, 6.07) is 8.19. The maximum absolute atomic E-state index is 12.8. The minimum atomic E-state index is -0.394. The van der Waals surface area contributed by atoms with Crippen molar-refractivity contribution in [3.8, 4) is 0 Å². The molecule has 2 N–H and O–H groups in total. The summed E-state index contributed by atoms with van der Waals surface area (Å²) in [5, 5.41) is 13.7. The van der Waals surface area contributed by atoms with Crippen LogP contribution in [0.15, 0.2) is 29.2 Å². The van der Waals surface area contributed by atoms with E-state index in [0.29, 0.717) is 12.3 Å². The third-order valence-electron chi connectivity index (χ3n) is 6.02. The Bertz CT molecular complexity index is 632. The van der Waals surface area contributed by atoms with Gasteiger partial charge in [0, 0.05) is 31.1 Å². The number of piperidine rings is 2. The molecule has 1 aromatic carbocycles. The number of β-amino-alcohol motifs (C(OH)–C–C–N with tert-alkyl or cyclic N) is 1. The SMILES string of the molecule is CNCCN1CCC2(CC1)CC(O)CN(C(=O)CSc1ccccc1C)C2. The van der Waals surface area contributed by atoms with Gasteiger partial charge in [-0.2, -0.15) is 0 Å². The highest BCUT2D eigenvalue weighted by atomic mass is 32.2. The van der Waals surface area contributed by atoms with Crippen molar-refractivity contribution in [1.29, 1.82) is 0 Å². The lowest BCUT2D eigenvalue weighted by atomic mass is 9.71. The number of nitrogens with one attached hydrogen (secondary N) is 1. The smallest absolute Gasteiger partial charge is 0.233 e. The summed E-state index contributed by atoms with van der Waals surface area (Å²) < 4.78 is 0. The van der Waals surface area contributed by atoms with E-state index < -0.39 is 6.10 Å². The van der Waals surface area contributed by atoms with Crippen LogP contribution in [0.25, 0.3) is 0 Å². The van der Waals surface area contributed by atoms with Crippen LogP contribution in [0.3, 0.4) is 0 Å². The predicted molar refractivity (Wildman–Crippen MR) is 111 cm³/mol. The molecule has 2 fully saturated rings. The van der Waals surface area contributed by atoms with E-state index in [0.717, 1.165) is 56.9 Å². The molecule has 0 aliphatic carbocycles. The predicted octanol–water partition coefficient (Wildman–Crippen LogP) is 1.98. The molecule has 150 valence electrons. The number of aryl methyl sites for hydroxylation is 1. The van der Waals surface area contributed by atoms with Crippen molar-refractivity contribution in [2.75, 3.05) is 52.1 Å². The van der Waals surface area contributed by atoms with Crippen LogP contribution in [0.5, 0.6) is 0 Å². The first-order valence-corrected chi connectivity index (χ1v) is 11.0. The van der Waals surface area contributed by atoms with Crippen LogP contribution in [-0.4, -0.2) is 79.0 Å². The molecule has 2 aliphatic heterocycles. The van der Waals surface area contributed by atoms with E-state index in [-0.39, 0.29) is 11.3 Å². The summed E-state index contributed by atoms with van der Waals surface area (Å²) in [5.74, 6) is 0.598. The van der Waals surface area contributed by atoms with Gasteiger partial charge in [-0.1, -0.05) is 18.2 Å². The first kappa shape index (κ1) is 20.6. The number of rotatable bonds is 6. The van der Waals surface area contributed by atoms with Gasteiger partial charge in [-0.25, -0.2) is 0 Å². The third-order valence-corrected chi connectivity index (χ3v) is 7.18. The fourth-order valence-electron chi connectivity index (χ4n) is 4.38. The monoisotopic (exact) mass is 391 g/mol. The maximum Gasteiger partial charge on any atom is 0.233 e. The number of aliphatic hydroxyl groups is 1.